The van der Waals surface area contributed by atoms with Gasteiger partial charge in [0.05, 0.1) is 0 Å². The molecule has 4 heteroatoms. The van der Waals surface area contributed by atoms with Gasteiger partial charge in [-0.25, -0.2) is 0 Å². The predicted octanol–water partition coefficient (Wildman–Crippen LogP) is 2.34. The van der Waals surface area contributed by atoms with Gasteiger partial charge in [-0.3, -0.25) is 0 Å². The van der Waals surface area contributed by atoms with Crippen LogP contribution < -0.4 is 10.6 Å². The Morgan fingerprint density at radius 3 is 2.37 bits per heavy atom. The second-order valence-corrected chi connectivity index (χ2v) is 5.96. The van der Waals surface area contributed by atoms with Crippen LogP contribution in [0, 0.1) is 5.92 Å². The van der Waals surface area contributed by atoms with Crippen molar-refractivity contribution in [1.82, 2.24) is 4.90 Å². The topological polar surface area (TPSA) is 32.5 Å². The molecule has 0 spiro atoms. The summed E-state index contributed by atoms with van der Waals surface area (Å²) in [6.45, 7) is 7.45. The number of hydrogen-bond donors (Lipinski definition) is 1. The Labute approximate surface area is 122 Å². The van der Waals surface area contributed by atoms with Gasteiger partial charge in [-0.2, -0.15) is 0 Å². The lowest BCUT2D eigenvalue weighted by Crippen LogP contribution is -2.35. The molecule has 1 rings (SSSR count). The third kappa shape index (κ3) is 5.17. The van der Waals surface area contributed by atoms with Crippen molar-refractivity contribution in [3.8, 4) is 0 Å². The molecule has 0 aliphatic heterocycles. The molecule has 0 radical (unpaired) electrons. The first-order valence-corrected chi connectivity index (χ1v) is 7.11. The Bertz CT molecular complexity index is 416. The number of nitrogens with zero attached hydrogens (tertiary/aromatic N) is 2. The van der Waals surface area contributed by atoms with Gasteiger partial charge in [0.2, 0.25) is 0 Å². The maximum Gasteiger partial charge on any atom is 0.106 e. The van der Waals surface area contributed by atoms with Gasteiger partial charge in [0.1, 0.15) is 4.99 Å². The van der Waals surface area contributed by atoms with Crippen LogP contribution in [-0.4, -0.2) is 43.6 Å². The Morgan fingerprint density at radius 1 is 1.21 bits per heavy atom. The van der Waals surface area contributed by atoms with Gasteiger partial charge in [-0.05, 0) is 32.1 Å². The molecule has 0 amide bonds. The molecular formula is C15H25N3S. The summed E-state index contributed by atoms with van der Waals surface area (Å²) in [6.07, 6.45) is 0. The molecule has 0 fully saturated rings. The molecule has 106 valence electrons. The predicted molar refractivity (Wildman–Crippen MR) is 87.9 cm³/mol. The summed E-state index contributed by atoms with van der Waals surface area (Å²) in [4.78, 5) is 5.03. The fourth-order valence-electron chi connectivity index (χ4n) is 2.03. The number of para-hydroxylation sites is 1. The van der Waals surface area contributed by atoms with Crippen LogP contribution in [0.25, 0.3) is 0 Å². The second kappa shape index (κ2) is 7.46. The third-order valence-corrected chi connectivity index (χ3v) is 3.13. The fraction of sp³-hybridized carbons (Fsp3) is 0.533. The van der Waals surface area contributed by atoms with Crippen molar-refractivity contribution in [1.29, 1.82) is 0 Å². The Morgan fingerprint density at radius 2 is 1.84 bits per heavy atom. The van der Waals surface area contributed by atoms with Crippen molar-refractivity contribution in [2.24, 2.45) is 11.7 Å². The Hall–Kier alpha value is -1.13. The van der Waals surface area contributed by atoms with Gasteiger partial charge in [-0.1, -0.05) is 38.2 Å². The maximum absolute atomic E-state index is 5.83. The quantitative estimate of drug-likeness (QED) is 0.777. The summed E-state index contributed by atoms with van der Waals surface area (Å²) in [6, 6.07) is 8.13. The van der Waals surface area contributed by atoms with E-state index in [0.717, 1.165) is 30.9 Å². The van der Waals surface area contributed by atoms with E-state index in [2.05, 4.69) is 43.8 Å². The first-order valence-electron chi connectivity index (χ1n) is 6.70. The number of anilines is 1. The normalized spacial score (nSPS) is 11.1. The van der Waals surface area contributed by atoms with Crippen LogP contribution in [0.5, 0.6) is 0 Å². The van der Waals surface area contributed by atoms with Gasteiger partial charge in [0.15, 0.2) is 0 Å². The molecule has 0 heterocycles. The lowest BCUT2D eigenvalue weighted by molar-refractivity contribution is 0.409. The van der Waals surface area contributed by atoms with E-state index in [1.54, 1.807) is 0 Å². The molecule has 2 N–H and O–H groups in total. The van der Waals surface area contributed by atoms with Crippen LogP contribution in [0.4, 0.5) is 5.69 Å². The van der Waals surface area contributed by atoms with E-state index in [1.807, 2.05) is 18.2 Å². The smallest absolute Gasteiger partial charge is 0.106 e. The lowest BCUT2D eigenvalue weighted by atomic mass is 10.1. The number of likely N-dealkylation sites (N-methyl/N-ethyl adjacent to an activating group) is 1. The van der Waals surface area contributed by atoms with E-state index in [1.165, 1.54) is 0 Å². The van der Waals surface area contributed by atoms with Crippen LogP contribution in [0.3, 0.4) is 0 Å². The minimum Gasteiger partial charge on any atom is -0.389 e. The number of nitrogens with two attached hydrogens (primary N) is 1. The molecule has 0 unspecified atom stereocenters. The molecule has 0 atom stereocenters. The van der Waals surface area contributed by atoms with E-state index in [9.17, 15) is 0 Å². The molecule has 1 aromatic carbocycles. The highest BCUT2D eigenvalue weighted by molar-refractivity contribution is 7.80. The van der Waals surface area contributed by atoms with Crippen molar-refractivity contribution in [2.75, 3.05) is 38.6 Å². The fourth-order valence-corrected chi connectivity index (χ4v) is 2.20. The summed E-state index contributed by atoms with van der Waals surface area (Å²) >= 11 is 5.16. The number of thiocarbonyl (C=S) groups is 1. The standard InChI is InChI=1S/C15H25N3S/c1-12(2)11-18(10-9-17(3)4)14-8-6-5-7-13(14)15(16)19/h5-8,12H,9-11H2,1-4H3,(H2,16,19). The first kappa shape index (κ1) is 15.9. The molecule has 0 aliphatic carbocycles. The van der Waals surface area contributed by atoms with E-state index >= 15 is 0 Å². The molecule has 0 saturated heterocycles. The molecule has 0 aliphatic rings. The highest BCUT2D eigenvalue weighted by atomic mass is 32.1. The molecule has 1 aromatic rings. The zero-order valence-corrected chi connectivity index (χ0v) is 13.2. The molecular weight excluding hydrogens is 254 g/mol. The van der Waals surface area contributed by atoms with Crippen molar-refractivity contribution in [3.05, 3.63) is 29.8 Å². The van der Waals surface area contributed by atoms with Gasteiger partial charge >= 0.3 is 0 Å². The Kier molecular flexibility index (Phi) is 6.25. The SMILES string of the molecule is CC(C)CN(CCN(C)C)c1ccccc1C(N)=S. The zero-order valence-electron chi connectivity index (χ0n) is 12.4. The lowest BCUT2D eigenvalue weighted by Gasteiger charge is -2.29. The average molecular weight is 279 g/mol. The highest BCUT2D eigenvalue weighted by Crippen LogP contribution is 2.21. The average Bonchev–Trinajstić information content (AvgIpc) is 2.33. The summed E-state index contributed by atoms with van der Waals surface area (Å²) in [5.74, 6) is 0.599. The van der Waals surface area contributed by atoms with Crippen molar-refractivity contribution in [3.63, 3.8) is 0 Å². The number of benzene rings is 1. The Balaban J connectivity index is 2.99. The van der Waals surface area contributed by atoms with Gasteiger partial charge in [-0.15, -0.1) is 0 Å². The monoisotopic (exact) mass is 279 g/mol. The van der Waals surface area contributed by atoms with Crippen LogP contribution in [0.15, 0.2) is 24.3 Å². The van der Waals surface area contributed by atoms with Crippen molar-refractivity contribution < 1.29 is 0 Å². The van der Waals surface area contributed by atoms with Crippen molar-refractivity contribution >= 4 is 22.9 Å². The van der Waals surface area contributed by atoms with E-state index in [0.29, 0.717) is 10.9 Å². The van der Waals surface area contributed by atoms with Crippen LogP contribution >= 0.6 is 12.2 Å². The zero-order chi connectivity index (χ0) is 14.4. The number of hydrogen-bond acceptors (Lipinski definition) is 3. The van der Waals surface area contributed by atoms with Crippen LogP contribution in [-0.2, 0) is 0 Å². The van der Waals surface area contributed by atoms with E-state index in [4.69, 9.17) is 18.0 Å². The molecule has 19 heavy (non-hydrogen) atoms. The second-order valence-electron chi connectivity index (χ2n) is 5.52. The summed E-state index contributed by atoms with van der Waals surface area (Å²) in [7, 11) is 4.18. The third-order valence-electron chi connectivity index (χ3n) is 2.91. The minimum atomic E-state index is 0.467. The van der Waals surface area contributed by atoms with Gasteiger partial charge in [0.25, 0.3) is 0 Å². The van der Waals surface area contributed by atoms with E-state index in [-0.39, 0.29) is 0 Å². The molecule has 0 saturated carbocycles. The number of rotatable bonds is 7. The van der Waals surface area contributed by atoms with E-state index < -0.39 is 0 Å². The highest BCUT2D eigenvalue weighted by Gasteiger charge is 2.13. The molecule has 3 nitrogen and oxygen atoms in total. The van der Waals surface area contributed by atoms with Gasteiger partial charge < -0.3 is 15.5 Å². The molecule has 0 aromatic heterocycles. The minimum absolute atomic E-state index is 0.467. The summed E-state index contributed by atoms with van der Waals surface area (Å²) in [5.41, 5.74) is 7.95. The van der Waals surface area contributed by atoms with Gasteiger partial charge in [0, 0.05) is 30.9 Å². The largest absolute Gasteiger partial charge is 0.389 e. The first-order chi connectivity index (χ1) is 8.91. The summed E-state index contributed by atoms with van der Waals surface area (Å²) < 4.78 is 0. The molecule has 0 bridgehead atoms. The van der Waals surface area contributed by atoms with Crippen LogP contribution in [0.2, 0.25) is 0 Å². The maximum atomic E-state index is 5.83. The van der Waals surface area contributed by atoms with Crippen molar-refractivity contribution in [2.45, 2.75) is 13.8 Å². The summed E-state index contributed by atoms with van der Waals surface area (Å²) in [5, 5.41) is 0. The van der Waals surface area contributed by atoms with Crippen LogP contribution in [0.1, 0.15) is 19.4 Å².